The molecule has 0 amide bonds. The molecule has 4 aromatic carbocycles. The normalized spacial score (nSPS) is 15.9. The molecule has 0 aromatic heterocycles. The molecule has 5 rings (SSSR count). The van der Waals surface area contributed by atoms with Crippen LogP contribution in [0.1, 0.15) is 17.3 Å². The van der Waals surface area contributed by atoms with Crippen molar-refractivity contribution in [3.05, 3.63) is 137 Å². The van der Waals surface area contributed by atoms with Gasteiger partial charge in [0.25, 0.3) is 15.7 Å². The average molecular weight is 499 g/mol. The molecular weight excluding hydrogens is 476 g/mol. The van der Waals surface area contributed by atoms with Crippen molar-refractivity contribution in [1.82, 2.24) is 4.41 Å². The van der Waals surface area contributed by atoms with Gasteiger partial charge in [-0.1, -0.05) is 66.7 Å². The molecule has 0 saturated carbocycles. The second-order valence-corrected chi connectivity index (χ2v) is 9.98. The van der Waals surface area contributed by atoms with Crippen molar-refractivity contribution in [2.75, 3.05) is 11.4 Å². The minimum atomic E-state index is -4.07. The zero-order valence-electron chi connectivity index (χ0n) is 19.1. The molecule has 0 bridgehead atoms. The van der Waals surface area contributed by atoms with Crippen molar-refractivity contribution in [2.45, 2.75) is 11.1 Å². The van der Waals surface area contributed by atoms with Crippen molar-refractivity contribution in [1.29, 1.82) is 0 Å². The Bertz CT molecular complexity index is 1490. The van der Waals surface area contributed by atoms with Crippen LogP contribution in [0, 0.1) is 10.1 Å². The number of rotatable bonds is 6. The third kappa shape index (κ3) is 4.44. The molecule has 1 atom stereocenters. The first-order valence-electron chi connectivity index (χ1n) is 11.2. The van der Waals surface area contributed by atoms with Gasteiger partial charge in [-0.3, -0.25) is 10.1 Å². The highest BCUT2D eigenvalue weighted by Crippen LogP contribution is 2.37. The van der Waals surface area contributed by atoms with E-state index in [1.165, 1.54) is 12.1 Å². The molecule has 1 heterocycles. The molecule has 0 saturated heterocycles. The highest BCUT2D eigenvalue weighted by molar-refractivity contribution is 7.89. The second-order valence-electron chi connectivity index (χ2n) is 8.19. The Morgan fingerprint density at radius 2 is 1.33 bits per heavy atom. The molecule has 0 N–H and O–H groups in total. The number of nitrogens with zero attached hydrogens (tertiary/aromatic N) is 4. The van der Waals surface area contributed by atoms with Gasteiger partial charge in [0.2, 0.25) is 0 Å². The lowest BCUT2D eigenvalue weighted by atomic mass is 10.1. The smallest absolute Gasteiger partial charge is 0.281 e. The van der Waals surface area contributed by atoms with Crippen LogP contribution in [0.25, 0.3) is 0 Å². The van der Waals surface area contributed by atoms with E-state index in [9.17, 15) is 18.5 Å². The maximum Gasteiger partial charge on any atom is 0.281 e. The van der Waals surface area contributed by atoms with E-state index in [1.54, 1.807) is 42.5 Å². The quantitative estimate of drug-likeness (QED) is 0.269. The van der Waals surface area contributed by atoms with Crippen molar-refractivity contribution in [2.24, 2.45) is 5.10 Å². The molecule has 36 heavy (non-hydrogen) atoms. The minimum absolute atomic E-state index is 0.0500. The van der Waals surface area contributed by atoms with Crippen LogP contribution in [0.2, 0.25) is 0 Å². The summed E-state index contributed by atoms with van der Waals surface area (Å²) in [5, 5.41) is 15.8. The van der Waals surface area contributed by atoms with Crippen molar-refractivity contribution >= 4 is 27.1 Å². The standard InChI is InChI=1S/C27H22N4O4S/c32-31(33)24-18-16-21(17-19-24)26-20-29(23-12-6-2-7-13-23)27(22-10-4-1-5-11-22)30(28-26)36(34,35)25-14-8-3-9-15-25/h1-19,27H,20H2. The topological polar surface area (TPSA) is 96.1 Å². The van der Waals surface area contributed by atoms with Gasteiger partial charge in [-0.05, 0) is 42.0 Å². The van der Waals surface area contributed by atoms with E-state index in [-0.39, 0.29) is 10.6 Å². The summed E-state index contributed by atoms with van der Waals surface area (Å²) in [6.45, 7) is 0.294. The van der Waals surface area contributed by atoms with Gasteiger partial charge in [0, 0.05) is 23.4 Å². The highest BCUT2D eigenvalue weighted by Gasteiger charge is 2.40. The van der Waals surface area contributed by atoms with Crippen molar-refractivity contribution in [3.63, 3.8) is 0 Å². The molecule has 0 aliphatic carbocycles. The largest absolute Gasteiger partial charge is 0.339 e. The third-order valence-corrected chi connectivity index (χ3v) is 7.57. The Morgan fingerprint density at radius 1 is 0.778 bits per heavy atom. The zero-order chi connectivity index (χ0) is 25.1. The Kier molecular flexibility index (Phi) is 6.22. The predicted octanol–water partition coefficient (Wildman–Crippen LogP) is 5.21. The summed E-state index contributed by atoms with van der Waals surface area (Å²) in [4.78, 5) is 12.8. The summed E-state index contributed by atoms with van der Waals surface area (Å²) < 4.78 is 29.1. The Morgan fingerprint density at radius 3 is 1.92 bits per heavy atom. The van der Waals surface area contributed by atoms with Gasteiger partial charge in [-0.2, -0.15) is 17.9 Å². The number of hydrogen-bond acceptors (Lipinski definition) is 6. The average Bonchev–Trinajstić information content (AvgIpc) is 2.94. The monoisotopic (exact) mass is 498 g/mol. The summed E-state index contributed by atoms with van der Waals surface area (Å²) in [6, 6.07) is 33.0. The molecule has 1 aliphatic rings. The number of hydrogen-bond donors (Lipinski definition) is 0. The predicted molar refractivity (Wildman–Crippen MR) is 138 cm³/mol. The van der Waals surface area contributed by atoms with Crippen LogP contribution in [0.15, 0.2) is 125 Å². The van der Waals surface area contributed by atoms with Gasteiger partial charge in [0.15, 0.2) is 6.17 Å². The first kappa shape index (κ1) is 23.3. The highest BCUT2D eigenvalue weighted by atomic mass is 32.2. The van der Waals surface area contributed by atoms with Crippen LogP contribution in [0.4, 0.5) is 11.4 Å². The minimum Gasteiger partial charge on any atom is -0.339 e. The molecule has 0 spiro atoms. The fourth-order valence-electron chi connectivity index (χ4n) is 4.17. The van der Waals surface area contributed by atoms with Gasteiger partial charge in [0.05, 0.1) is 22.1 Å². The summed E-state index contributed by atoms with van der Waals surface area (Å²) >= 11 is 0. The summed E-state index contributed by atoms with van der Waals surface area (Å²) in [5.41, 5.74) is 2.59. The Balaban J connectivity index is 1.72. The maximum atomic E-state index is 14.0. The Labute approximate surface area is 208 Å². The Hall–Kier alpha value is -4.50. The molecule has 4 aromatic rings. The lowest BCUT2D eigenvalue weighted by molar-refractivity contribution is -0.384. The number of nitro groups is 1. The first-order chi connectivity index (χ1) is 17.4. The number of nitro benzene ring substituents is 1. The van der Waals surface area contributed by atoms with E-state index in [4.69, 9.17) is 0 Å². The molecule has 9 heteroatoms. The fraction of sp³-hybridized carbons (Fsp3) is 0.0741. The van der Waals surface area contributed by atoms with E-state index in [0.717, 1.165) is 15.7 Å². The fourth-order valence-corrected chi connectivity index (χ4v) is 5.59. The number of benzene rings is 4. The van der Waals surface area contributed by atoms with Gasteiger partial charge in [0.1, 0.15) is 0 Å². The molecular formula is C27H22N4O4S. The van der Waals surface area contributed by atoms with E-state index in [2.05, 4.69) is 5.10 Å². The van der Waals surface area contributed by atoms with E-state index in [1.807, 2.05) is 65.6 Å². The summed E-state index contributed by atoms with van der Waals surface area (Å²) in [7, 11) is -4.07. The van der Waals surface area contributed by atoms with Gasteiger partial charge in [-0.15, -0.1) is 0 Å². The molecule has 1 unspecified atom stereocenters. The molecule has 0 fully saturated rings. The lowest BCUT2D eigenvalue weighted by Crippen LogP contribution is -2.49. The summed E-state index contributed by atoms with van der Waals surface area (Å²) in [6.07, 6.45) is -0.749. The van der Waals surface area contributed by atoms with E-state index >= 15 is 0 Å². The SMILES string of the molecule is O=[N+]([O-])c1ccc(C2=NN(S(=O)(=O)c3ccccc3)C(c3ccccc3)N(c3ccccc3)C2)cc1. The number of hydrazone groups is 1. The van der Waals surface area contributed by atoms with Gasteiger partial charge in [-0.25, -0.2) is 0 Å². The van der Waals surface area contributed by atoms with Crippen molar-refractivity contribution in [3.8, 4) is 0 Å². The third-order valence-electron chi connectivity index (χ3n) is 5.93. The second kappa shape index (κ2) is 9.63. The number of para-hydroxylation sites is 1. The zero-order valence-corrected chi connectivity index (χ0v) is 19.9. The summed E-state index contributed by atoms with van der Waals surface area (Å²) in [5.74, 6) is 0. The van der Waals surface area contributed by atoms with Crippen molar-refractivity contribution < 1.29 is 13.3 Å². The van der Waals surface area contributed by atoms with Gasteiger partial charge < -0.3 is 4.90 Å². The van der Waals surface area contributed by atoms with Crippen LogP contribution < -0.4 is 4.90 Å². The van der Waals surface area contributed by atoms with Crippen LogP contribution in [-0.4, -0.2) is 30.0 Å². The molecule has 0 radical (unpaired) electrons. The maximum absolute atomic E-state index is 14.0. The molecule has 1 aliphatic heterocycles. The van der Waals surface area contributed by atoms with Gasteiger partial charge >= 0.3 is 0 Å². The number of non-ortho nitro benzene ring substituents is 1. The van der Waals surface area contributed by atoms with E-state index in [0.29, 0.717) is 17.8 Å². The van der Waals surface area contributed by atoms with E-state index < -0.39 is 21.1 Å². The first-order valence-corrected chi connectivity index (χ1v) is 12.7. The van der Waals surface area contributed by atoms with Crippen LogP contribution in [0.3, 0.4) is 0 Å². The molecule has 8 nitrogen and oxygen atoms in total. The molecule has 180 valence electrons. The lowest BCUT2D eigenvalue weighted by Gasteiger charge is -2.43. The van der Waals surface area contributed by atoms with Crippen LogP contribution in [-0.2, 0) is 10.0 Å². The number of anilines is 1. The van der Waals surface area contributed by atoms with Crippen LogP contribution in [0.5, 0.6) is 0 Å². The van der Waals surface area contributed by atoms with Crippen LogP contribution >= 0.6 is 0 Å². The number of sulfonamides is 1.